The van der Waals surface area contributed by atoms with Crippen molar-refractivity contribution in [2.75, 3.05) is 14.7 Å². The number of benzene rings is 9. The van der Waals surface area contributed by atoms with Crippen molar-refractivity contribution in [1.29, 1.82) is 0 Å². The van der Waals surface area contributed by atoms with Crippen molar-refractivity contribution in [1.82, 2.24) is 0 Å². The maximum Gasteiger partial charge on any atom is 0.0566 e. The molecule has 0 spiro atoms. The van der Waals surface area contributed by atoms with Crippen molar-refractivity contribution in [3.63, 3.8) is 0 Å². The summed E-state index contributed by atoms with van der Waals surface area (Å²) in [7, 11) is 0. The highest BCUT2D eigenvalue weighted by Gasteiger charge is 2.52. The van der Waals surface area contributed by atoms with Gasteiger partial charge in [0.1, 0.15) is 0 Å². The van der Waals surface area contributed by atoms with Gasteiger partial charge in [0.2, 0.25) is 0 Å². The molecule has 0 amide bonds. The summed E-state index contributed by atoms with van der Waals surface area (Å²) in [6.45, 7) is 14.7. The fraction of sp³-hybridized carbons (Fsp3) is 0.169. The molecule has 3 heteroatoms. The smallest absolute Gasteiger partial charge is 0.0566 e. The van der Waals surface area contributed by atoms with Crippen LogP contribution in [-0.4, -0.2) is 6.04 Å². The summed E-state index contributed by atoms with van der Waals surface area (Å²) in [5.41, 5.74) is 19.8. The normalized spacial score (nSPS) is 17.0. The van der Waals surface area contributed by atoms with Gasteiger partial charge in [0.25, 0.3) is 0 Å². The molecule has 0 N–H and O–H groups in total. The van der Waals surface area contributed by atoms with Crippen LogP contribution in [0.25, 0.3) is 34.1 Å². The molecular weight excluding hydrogens is 823 g/mol. The van der Waals surface area contributed by atoms with E-state index in [4.69, 9.17) is 0 Å². The summed E-state index contributed by atoms with van der Waals surface area (Å²) < 4.78 is 0. The molecule has 1 atom stereocenters. The second-order valence-electron chi connectivity index (χ2n) is 21.0. The first-order valence-corrected chi connectivity index (χ1v) is 24.4. The minimum absolute atomic E-state index is 0.167. The Morgan fingerprint density at radius 1 is 0.382 bits per heavy atom. The minimum atomic E-state index is -0.331. The van der Waals surface area contributed by atoms with Gasteiger partial charge < -0.3 is 14.7 Å². The fourth-order valence-corrected chi connectivity index (χ4v) is 12.3. The van der Waals surface area contributed by atoms with Gasteiger partial charge in [-0.25, -0.2) is 0 Å². The van der Waals surface area contributed by atoms with E-state index in [9.17, 15) is 0 Å². The second-order valence-corrected chi connectivity index (χ2v) is 21.0. The SMILES string of the molecule is CC1(C)c2cccc3c2N2c4c1cc(-c1ccc(N(c5ccc6ccccc6c5)C5C=c6ccccc6=CC5)cc1)cc4C(C)(C)c1cc(N(c4ccccc4)c4ccccc4)cc(c12)C3(C)C. The molecule has 0 radical (unpaired) electrons. The lowest BCUT2D eigenvalue weighted by Gasteiger charge is -2.55. The van der Waals surface area contributed by atoms with Crippen LogP contribution >= 0.6 is 0 Å². The first-order chi connectivity index (χ1) is 33.0. The zero-order valence-electron chi connectivity index (χ0n) is 39.8. The highest BCUT2D eigenvalue weighted by molar-refractivity contribution is 6.00. The number of nitrogens with zero attached hydrogens (tertiary/aromatic N) is 3. The largest absolute Gasteiger partial charge is 0.334 e. The van der Waals surface area contributed by atoms with E-state index in [1.54, 1.807) is 0 Å². The third-order valence-corrected chi connectivity index (χ3v) is 16.0. The molecule has 13 rings (SSSR count). The van der Waals surface area contributed by atoms with E-state index < -0.39 is 0 Å². The van der Waals surface area contributed by atoms with E-state index in [2.05, 4.69) is 263 Å². The molecule has 0 bridgehead atoms. The molecule has 4 aliphatic rings. The van der Waals surface area contributed by atoms with Gasteiger partial charge >= 0.3 is 0 Å². The first kappa shape index (κ1) is 40.6. The van der Waals surface area contributed by atoms with E-state index in [1.807, 2.05) is 0 Å². The molecule has 0 saturated heterocycles. The highest BCUT2D eigenvalue weighted by Crippen LogP contribution is 2.67. The summed E-state index contributed by atoms with van der Waals surface area (Å²) in [6, 6.07) is 72.8. The van der Waals surface area contributed by atoms with Crippen molar-refractivity contribution in [3.05, 3.63) is 238 Å². The van der Waals surface area contributed by atoms with Crippen LogP contribution in [0.3, 0.4) is 0 Å². The fourth-order valence-electron chi connectivity index (χ4n) is 12.3. The third kappa shape index (κ3) is 5.91. The van der Waals surface area contributed by atoms with Crippen molar-refractivity contribution in [2.24, 2.45) is 0 Å². The van der Waals surface area contributed by atoms with Crippen molar-refractivity contribution < 1.29 is 0 Å². The summed E-state index contributed by atoms with van der Waals surface area (Å²) in [6.07, 6.45) is 5.79. The second kappa shape index (κ2) is 14.7. The van der Waals surface area contributed by atoms with Gasteiger partial charge in [-0.05, 0) is 145 Å². The Morgan fingerprint density at radius 2 is 0.882 bits per heavy atom. The van der Waals surface area contributed by atoms with E-state index in [1.165, 1.54) is 99.8 Å². The summed E-state index contributed by atoms with van der Waals surface area (Å²) >= 11 is 0. The molecule has 0 saturated carbocycles. The zero-order valence-corrected chi connectivity index (χ0v) is 39.8. The summed E-state index contributed by atoms with van der Waals surface area (Å²) in [5, 5.41) is 5.11. The molecule has 9 aromatic rings. The van der Waals surface area contributed by atoms with Crippen LogP contribution in [0.5, 0.6) is 0 Å². The van der Waals surface area contributed by atoms with Crippen molar-refractivity contribution in [2.45, 2.75) is 70.3 Å². The van der Waals surface area contributed by atoms with Crippen LogP contribution in [-0.2, 0) is 16.2 Å². The van der Waals surface area contributed by atoms with Crippen molar-refractivity contribution >= 4 is 68.4 Å². The number of rotatable bonds is 7. The Balaban J connectivity index is 0.992. The average Bonchev–Trinajstić information content (AvgIpc) is 3.36. The quantitative estimate of drug-likeness (QED) is 0.158. The maximum absolute atomic E-state index is 2.69. The van der Waals surface area contributed by atoms with Crippen LogP contribution in [0.4, 0.5) is 45.5 Å². The van der Waals surface area contributed by atoms with Crippen LogP contribution in [0.2, 0.25) is 0 Å². The topological polar surface area (TPSA) is 9.72 Å². The molecule has 330 valence electrons. The summed E-state index contributed by atoms with van der Waals surface area (Å²) in [5.74, 6) is 0. The van der Waals surface area contributed by atoms with Crippen LogP contribution in [0, 0.1) is 0 Å². The zero-order chi connectivity index (χ0) is 46.1. The number of anilines is 8. The molecular formula is C65H55N3. The Labute approximate surface area is 400 Å². The van der Waals surface area contributed by atoms with Crippen LogP contribution in [0.1, 0.15) is 81.3 Å². The monoisotopic (exact) mass is 877 g/mol. The molecule has 0 aromatic heterocycles. The van der Waals surface area contributed by atoms with Gasteiger partial charge in [-0.2, -0.15) is 0 Å². The van der Waals surface area contributed by atoms with E-state index in [-0.39, 0.29) is 22.3 Å². The molecule has 3 heterocycles. The Kier molecular flexibility index (Phi) is 8.78. The number of hydrogen-bond donors (Lipinski definition) is 0. The molecule has 1 aliphatic carbocycles. The van der Waals surface area contributed by atoms with Gasteiger partial charge in [-0.15, -0.1) is 0 Å². The predicted molar refractivity (Wildman–Crippen MR) is 287 cm³/mol. The van der Waals surface area contributed by atoms with Crippen LogP contribution < -0.4 is 25.1 Å². The third-order valence-electron chi connectivity index (χ3n) is 16.0. The Hall–Kier alpha value is -7.62. The Morgan fingerprint density at radius 3 is 1.50 bits per heavy atom. The Bertz CT molecular complexity index is 3600. The molecule has 3 aliphatic heterocycles. The van der Waals surface area contributed by atoms with Gasteiger partial charge in [-0.1, -0.05) is 175 Å². The molecule has 68 heavy (non-hydrogen) atoms. The molecule has 0 fully saturated rings. The lowest BCUT2D eigenvalue weighted by atomic mass is 9.60. The lowest BCUT2D eigenvalue weighted by Crippen LogP contribution is -2.43. The highest BCUT2D eigenvalue weighted by atomic mass is 15.2. The van der Waals surface area contributed by atoms with E-state index >= 15 is 0 Å². The van der Waals surface area contributed by atoms with Gasteiger partial charge in [-0.3, -0.25) is 0 Å². The number of fused-ring (bicyclic) bond motifs is 2. The average molecular weight is 878 g/mol. The lowest BCUT2D eigenvalue weighted by molar-refractivity contribution is 0.567. The summed E-state index contributed by atoms with van der Waals surface area (Å²) in [4.78, 5) is 7.67. The predicted octanol–water partition coefficient (Wildman–Crippen LogP) is 15.5. The molecule has 3 nitrogen and oxygen atoms in total. The van der Waals surface area contributed by atoms with E-state index in [0.29, 0.717) is 0 Å². The van der Waals surface area contributed by atoms with Crippen LogP contribution in [0.15, 0.2) is 194 Å². The van der Waals surface area contributed by atoms with Gasteiger partial charge in [0.05, 0.1) is 23.1 Å². The number of hydrogen-bond acceptors (Lipinski definition) is 3. The molecule has 9 aromatic carbocycles. The standard InChI is InChI=1S/C65H55N3/c1-63(2)54-26-17-27-55-60(54)68-61-56(63)38-47(44-28-32-50(33-29-44)67(51-34-30-42-18-13-15-20-45(42)36-51)52-35-31-43-19-14-16-21-46(43)37-52)39-57(61)65(5,6)59-41-53(40-58(62(59)68)64(55,3)4)66(48-22-9-7-10-23-48)49-24-11-8-12-25-49/h7-34,36-41,52H,35H2,1-6H3. The van der Waals surface area contributed by atoms with Gasteiger partial charge in [0, 0.05) is 44.7 Å². The first-order valence-electron chi connectivity index (χ1n) is 24.4. The van der Waals surface area contributed by atoms with E-state index in [0.717, 1.165) is 17.8 Å². The number of para-hydroxylation sites is 3. The maximum atomic E-state index is 2.69. The molecule has 1 unspecified atom stereocenters. The minimum Gasteiger partial charge on any atom is -0.334 e. The van der Waals surface area contributed by atoms with Gasteiger partial charge in [0.15, 0.2) is 0 Å². The van der Waals surface area contributed by atoms with Crippen molar-refractivity contribution in [3.8, 4) is 11.1 Å².